The van der Waals surface area contributed by atoms with Crippen LogP contribution in [0.3, 0.4) is 0 Å². The molecule has 0 bridgehead atoms. The first kappa shape index (κ1) is 15.3. The van der Waals surface area contributed by atoms with E-state index in [0.29, 0.717) is 35.7 Å². The van der Waals surface area contributed by atoms with Crippen LogP contribution in [0.5, 0.6) is 0 Å². The lowest BCUT2D eigenvalue weighted by atomic mass is 10.1. The van der Waals surface area contributed by atoms with Crippen LogP contribution in [0.1, 0.15) is 30.1 Å². The lowest BCUT2D eigenvalue weighted by Gasteiger charge is -2.08. The molecule has 0 spiro atoms. The van der Waals surface area contributed by atoms with Crippen molar-refractivity contribution in [1.29, 1.82) is 0 Å². The van der Waals surface area contributed by atoms with Crippen LogP contribution in [0.15, 0.2) is 18.2 Å². The lowest BCUT2D eigenvalue weighted by molar-refractivity contribution is -0.141. The molecule has 0 aliphatic carbocycles. The summed E-state index contributed by atoms with van der Waals surface area (Å²) < 4.78 is 0. The van der Waals surface area contributed by atoms with Crippen LogP contribution in [0.25, 0.3) is 0 Å². The van der Waals surface area contributed by atoms with Crippen LogP contribution in [0, 0.1) is 5.92 Å². The van der Waals surface area contributed by atoms with Gasteiger partial charge in [-0.05, 0) is 31.0 Å². The van der Waals surface area contributed by atoms with E-state index < -0.39 is 11.9 Å². The third-order valence-corrected chi connectivity index (χ3v) is 3.11. The van der Waals surface area contributed by atoms with Crippen molar-refractivity contribution in [1.82, 2.24) is 5.32 Å². The smallest absolute Gasteiger partial charge is 0.306 e. The Balaban J connectivity index is 2.39. The summed E-state index contributed by atoms with van der Waals surface area (Å²) in [6.45, 7) is 2.07. The lowest BCUT2D eigenvalue weighted by Crippen LogP contribution is -2.25. The van der Waals surface area contributed by atoms with E-state index in [9.17, 15) is 9.59 Å². The van der Waals surface area contributed by atoms with Crippen molar-refractivity contribution >= 4 is 29.2 Å². The average Bonchev–Trinajstić information content (AvgIpc) is 2.37. The van der Waals surface area contributed by atoms with Gasteiger partial charge in [0.2, 0.25) is 0 Å². The first-order valence-electron chi connectivity index (χ1n) is 5.98. The number of carbonyl (C=O) groups is 2. The van der Waals surface area contributed by atoms with E-state index in [0.717, 1.165) is 0 Å². The number of nitrogen functional groups attached to an aromatic ring is 1. The molecule has 0 aliphatic rings. The predicted octanol–water partition coefficient (Wildman–Crippen LogP) is 2.15. The van der Waals surface area contributed by atoms with Gasteiger partial charge in [-0.1, -0.05) is 18.5 Å². The fourth-order valence-electron chi connectivity index (χ4n) is 1.50. The molecule has 0 radical (unpaired) electrons. The third kappa shape index (κ3) is 4.79. The Hall–Kier alpha value is -1.75. The normalized spacial score (nSPS) is 11.9. The standard InChI is InChI=1S/C13H17ClN2O3/c1-8(13(18)19)3-2-6-16-12(17)9-4-5-11(15)10(14)7-9/h4-5,7-8H,2-3,6,15H2,1H3,(H,16,17)(H,18,19). The van der Waals surface area contributed by atoms with E-state index in [1.54, 1.807) is 19.1 Å². The molecular formula is C13H17ClN2O3. The minimum Gasteiger partial charge on any atom is -0.481 e. The maximum atomic E-state index is 11.8. The highest BCUT2D eigenvalue weighted by Gasteiger charge is 2.11. The SMILES string of the molecule is CC(CCCNC(=O)c1ccc(N)c(Cl)c1)C(=O)O. The van der Waals surface area contributed by atoms with E-state index >= 15 is 0 Å². The van der Waals surface area contributed by atoms with Crippen LogP contribution >= 0.6 is 11.6 Å². The van der Waals surface area contributed by atoms with Gasteiger partial charge in [0.15, 0.2) is 0 Å². The van der Waals surface area contributed by atoms with Gasteiger partial charge in [0.1, 0.15) is 0 Å². The van der Waals surface area contributed by atoms with Gasteiger partial charge in [0.05, 0.1) is 16.6 Å². The fraction of sp³-hybridized carbons (Fsp3) is 0.385. The number of hydrogen-bond donors (Lipinski definition) is 3. The molecular weight excluding hydrogens is 268 g/mol. The van der Waals surface area contributed by atoms with Crippen molar-refractivity contribution in [2.24, 2.45) is 5.92 Å². The summed E-state index contributed by atoms with van der Waals surface area (Å²) in [6, 6.07) is 4.67. The Bertz CT molecular complexity index is 477. The predicted molar refractivity (Wildman–Crippen MR) is 74.2 cm³/mol. The van der Waals surface area contributed by atoms with Gasteiger partial charge in [-0.3, -0.25) is 9.59 Å². The Kier molecular flexibility index (Phi) is 5.63. The van der Waals surface area contributed by atoms with Crippen molar-refractivity contribution in [2.45, 2.75) is 19.8 Å². The summed E-state index contributed by atoms with van der Waals surface area (Å²) in [5.74, 6) is -1.47. The van der Waals surface area contributed by atoms with Crippen molar-refractivity contribution in [3.8, 4) is 0 Å². The van der Waals surface area contributed by atoms with E-state index in [1.165, 1.54) is 6.07 Å². The number of nitrogens with two attached hydrogens (primary N) is 1. The number of carboxylic acids is 1. The summed E-state index contributed by atoms with van der Waals surface area (Å²) in [7, 11) is 0. The third-order valence-electron chi connectivity index (χ3n) is 2.78. The quantitative estimate of drug-likeness (QED) is 0.551. The molecule has 0 saturated carbocycles. The molecule has 1 atom stereocenters. The minimum atomic E-state index is -0.823. The summed E-state index contributed by atoms with van der Waals surface area (Å²) in [5, 5.41) is 11.8. The maximum absolute atomic E-state index is 11.8. The molecule has 1 unspecified atom stereocenters. The first-order valence-corrected chi connectivity index (χ1v) is 6.35. The van der Waals surface area contributed by atoms with Gasteiger partial charge in [0, 0.05) is 12.1 Å². The van der Waals surface area contributed by atoms with E-state index in [2.05, 4.69) is 5.32 Å². The van der Waals surface area contributed by atoms with Crippen LogP contribution < -0.4 is 11.1 Å². The van der Waals surface area contributed by atoms with Crippen molar-refractivity contribution in [3.05, 3.63) is 28.8 Å². The maximum Gasteiger partial charge on any atom is 0.306 e. The van der Waals surface area contributed by atoms with Gasteiger partial charge >= 0.3 is 5.97 Å². The van der Waals surface area contributed by atoms with Crippen LogP contribution in [-0.2, 0) is 4.79 Å². The zero-order valence-electron chi connectivity index (χ0n) is 10.6. The highest BCUT2D eigenvalue weighted by molar-refractivity contribution is 6.33. The molecule has 0 aromatic heterocycles. The van der Waals surface area contributed by atoms with Gasteiger partial charge in [-0.2, -0.15) is 0 Å². The van der Waals surface area contributed by atoms with E-state index in [4.69, 9.17) is 22.4 Å². The van der Waals surface area contributed by atoms with Gasteiger partial charge in [0.25, 0.3) is 5.91 Å². The molecule has 1 aromatic rings. The summed E-state index contributed by atoms with van der Waals surface area (Å²) in [5.41, 5.74) is 6.41. The Morgan fingerprint density at radius 1 is 1.47 bits per heavy atom. The summed E-state index contributed by atoms with van der Waals surface area (Å²) >= 11 is 5.83. The van der Waals surface area contributed by atoms with Gasteiger partial charge < -0.3 is 16.2 Å². The molecule has 5 nitrogen and oxygen atoms in total. The number of nitrogens with one attached hydrogen (secondary N) is 1. The number of rotatable bonds is 6. The zero-order chi connectivity index (χ0) is 14.4. The molecule has 1 rings (SSSR count). The van der Waals surface area contributed by atoms with Crippen molar-refractivity contribution in [2.75, 3.05) is 12.3 Å². The Labute approximate surface area is 116 Å². The Morgan fingerprint density at radius 3 is 2.74 bits per heavy atom. The number of amides is 1. The Morgan fingerprint density at radius 2 is 2.16 bits per heavy atom. The number of halogens is 1. The second kappa shape index (κ2) is 6.99. The molecule has 0 heterocycles. The van der Waals surface area contributed by atoms with Gasteiger partial charge in [-0.25, -0.2) is 0 Å². The second-order valence-electron chi connectivity index (χ2n) is 4.37. The molecule has 0 saturated heterocycles. The second-order valence-corrected chi connectivity index (χ2v) is 4.78. The number of anilines is 1. The van der Waals surface area contributed by atoms with Crippen molar-refractivity contribution in [3.63, 3.8) is 0 Å². The molecule has 6 heteroatoms. The largest absolute Gasteiger partial charge is 0.481 e. The van der Waals surface area contributed by atoms with Gasteiger partial charge in [-0.15, -0.1) is 0 Å². The van der Waals surface area contributed by atoms with E-state index in [1.807, 2.05) is 0 Å². The number of carbonyl (C=O) groups excluding carboxylic acids is 1. The fourth-order valence-corrected chi connectivity index (χ4v) is 1.68. The van der Waals surface area contributed by atoms with E-state index in [-0.39, 0.29) is 5.91 Å². The van der Waals surface area contributed by atoms with Crippen LogP contribution in [0.2, 0.25) is 5.02 Å². The molecule has 1 amide bonds. The zero-order valence-corrected chi connectivity index (χ0v) is 11.4. The number of aliphatic carboxylic acids is 1. The summed E-state index contributed by atoms with van der Waals surface area (Å²) in [6.07, 6.45) is 1.14. The molecule has 4 N–H and O–H groups in total. The molecule has 0 fully saturated rings. The highest BCUT2D eigenvalue weighted by Crippen LogP contribution is 2.19. The minimum absolute atomic E-state index is 0.245. The van der Waals surface area contributed by atoms with Crippen molar-refractivity contribution < 1.29 is 14.7 Å². The number of carboxylic acid groups (broad SMARTS) is 1. The van der Waals surface area contributed by atoms with Crippen LogP contribution in [-0.4, -0.2) is 23.5 Å². The van der Waals surface area contributed by atoms with Crippen LogP contribution in [0.4, 0.5) is 5.69 Å². The molecule has 19 heavy (non-hydrogen) atoms. The molecule has 1 aromatic carbocycles. The molecule has 0 aliphatic heterocycles. The first-order chi connectivity index (χ1) is 8.91. The summed E-state index contributed by atoms with van der Waals surface area (Å²) in [4.78, 5) is 22.4. The number of benzene rings is 1. The monoisotopic (exact) mass is 284 g/mol. The topological polar surface area (TPSA) is 92.4 Å². The average molecular weight is 285 g/mol. The highest BCUT2D eigenvalue weighted by atomic mass is 35.5. The molecule has 104 valence electrons. The number of hydrogen-bond acceptors (Lipinski definition) is 3.